The number of carbonyl (C=O) groups is 4. The van der Waals surface area contributed by atoms with E-state index < -0.39 is 57.4 Å². The van der Waals surface area contributed by atoms with E-state index in [1.165, 1.54) is 19.1 Å². The zero-order valence-electron chi connectivity index (χ0n) is 28.2. The second-order valence-corrected chi connectivity index (χ2v) is 14.9. The molecule has 9 nitrogen and oxygen atoms in total. The van der Waals surface area contributed by atoms with Crippen LogP contribution in [0, 0.1) is 22.7 Å². The van der Waals surface area contributed by atoms with Gasteiger partial charge in [0.2, 0.25) is 0 Å². The van der Waals surface area contributed by atoms with Crippen molar-refractivity contribution in [3.8, 4) is 0 Å². The maximum absolute atomic E-state index is 13.3. The molecule has 3 saturated carbocycles. The number of ether oxygens (including phenoxy) is 2. The maximum atomic E-state index is 13.3. The number of aldehydes is 1. The van der Waals surface area contributed by atoms with Crippen LogP contribution in [0.5, 0.6) is 0 Å². The molecule has 0 spiro atoms. The SMILES string of the molecule is CC(=O)[C@]1(O)CC[C@@]2(O)[C@]1(C)[C@H](OC(=O)/C=C(\C)C(C)C)C[C@@H]1[C@@]3(C)CC[C@H](OC(=O)/C=C/c4ccc(C=O)cc4)CC3=CC[C@]12O. The van der Waals surface area contributed by atoms with Crippen LogP contribution in [0.3, 0.4) is 0 Å². The van der Waals surface area contributed by atoms with Gasteiger partial charge in [0.15, 0.2) is 5.78 Å². The van der Waals surface area contributed by atoms with E-state index in [-0.39, 0.29) is 37.7 Å². The van der Waals surface area contributed by atoms with Gasteiger partial charge in [-0.05, 0) is 82.3 Å². The quantitative estimate of drug-likeness (QED) is 0.152. The van der Waals surface area contributed by atoms with Crippen LogP contribution in [0.15, 0.2) is 53.6 Å². The van der Waals surface area contributed by atoms with Gasteiger partial charge in [-0.3, -0.25) is 9.59 Å². The Morgan fingerprint density at radius 2 is 1.60 bits per heavy atom. The van der Waals surface area contributed by atoms with Crippen LogP contribution in [0.25, 0.3) is 6.08 Å². The van der Waals surface area contributed by atoms with Gasteiger partial charge >= 0.3 is 11.9 Å². The highest BCUT2D eigenvalue weighted by molar-refractivity contribution is 5.88. The predicted molar refractivity (Wildman–Crippen MR) is 175 cm³/mol. The fourth-order valence-electron chi connectivity index (χ4n) is 9.04. The van der Waals surface area contributed by atoms with E-state index >= 15 is 0 Å². The van der Waals surface area contributed by atoms with Crippen molar-refractivity contribution in [3.63, 3.8) is 0 Å². The van der Waals surface area contributed by atoms with Crippen molar-refractivity contribution in [3.05, 3.63) is 64.8 Å². The standard InChI is InChI=1S/C38H48O9/c1-23(2)24(3)19-33(42)47-31-21-30-34(5)15-14-29(46-32(41)12-11-26-7-9-27(22-39)10-8-26)20-28(34)13-16-37(30,44)38(45)18-17-36(43,25(4)40)35(31,38)6/h7-13,19,22-23,29-31,43-45H,14-18,20-21H2,1-6H3/b12-11+,24-19+/t29-,30+,31+,34-,35+,36+,37-,38+/m0/s1. The topological polar surface area (TPSA) is 147 Å². The maximum Gasteiger partial charge on any atom is 0.331 e. The van der Waals surface area contributed by atoms with Gasteiger partial charge in [-0.2, -0.15) is 0 Å². The van der Waals surface area contributed by atoms with Crippen LogP contribution < -0.4 is 0 Å². The summed E-state index contributed by atoms with van der Waals surface area (Å²) in [7, 11) is 0. The molecule has 9 heteroatoms. The van der Waals surface area contributed by atoms with Crippen molar-refractivity contribution in [2.75, 3.05) is 0 Å². The minimum atomic E-state index is -2.01. The van der Waals surface area contributed by atoms with Crippen molar-refractivity contribution < 1.29 is 44.0 Å². The van der Waals surface area contributed by atoms with Gasteiger partial charge in [-0.1, -0.05) is 62.3 Å². The average molecular weight is 649 g/mol. The fraction of sp³-hybridized carbons (Fsp3) is 0.579. The van der Waals surface area contributed by atoms with Crippen LogP contribution in [0.4, 0.5) is 0 Å². The number of allylic oxidation sites excluding steroid dienone is 1. The first-order valence-electron chi connectivity index (χ1n) is 16.7. The molecule has 0 amide bonds. The molecule has 8 atom stereocenters. The van der Waals surface area contributed by atoms with E-state index in [1.54, 1.807) is 37.3 Å². The normalized spacial score (nSPS) is 38.2. The minimum absolute atomic E-state index is 0.0365. The largest absolute Gasteiger partial charge is 0.459 e. The molecule has 1 aromatic rings. The number of hydrogen-bond donors (Lipinski definition) is 3. The van der Waals surface area contributed by atoms with Crippen molar-refractivity contribution in [2.24, 2.45) is 22.7 Å². The molecule has 0 radical (unpaired) electrons. The number of rotatable bonds is 8. The molecule has 47 heavy (non-hydrogen) atoms. The predicted octanol–water partition coefficient (Wildman–Crippen LogP) is 5.06. The van der Waals surface area contributed by atoms with Crippen molar-refractivity contribution in [1.82, 2.24) is 0 Å². The first kappa shape index (κ1) is 34.9. The zero-order valence-corrected chi connectivity index (χ0v) is 28.2. The van der Waals surface area contributed by atoms with Crippen LogP contribution in [0.1, 0.15) is 102 Å². The monoisotopic (exact) mass is 648 g/mol. The summed E-state index contributed by atoms with van der Waals surface area (Å²) >= 11 is 0. The Balaban J connectivity index is 1.42. The first-order valence-corrected chi connectivity index (χ1v) is 16.7. The summed E-state index contributed by atoms with van der Waals surface area (Å²) < 4.78 is 11.9. The third-order valence-electron chi connectivity index (χ3n) is 12.4. The summed E-state index contributed by atoms with van der Waals surface area (Å²) in [5.74, 6) is -2.11. The molecule has 0 heterocycles. The molecule has 0 saturated heterocycles. The Bertz CT molecular complexity index is 1540. The highest BCUT2D eigenvalue weighted by Crippen LogP contribution is 2.71. The fourth-order valence-corrected chi connectivity index (χ4v) is 9.04. The second-order valence-electron chi connectivity index (χ2n) is 14.9. The molecule has 254 valence electrons. The molecule has 3 fully saturated rings. The lowest BCUT2D eigenvalue weighted by Gasteiger charge is -2.67. The number of esters is 2. The molecule has 3 N–H and O–H groups in total. The van der Waals surface area contributed by atoms with Crippen LogP contribution in [-0.2, 0) is 23.9 Å². The van der Waals surface area contributed by atoms with E-state index in [0.29, 0.717) is 24.8 Å². The van der Waals surface area contributed by atoms with Gasteiger partial charge in [0.05, 0.1) is 5.41 Å². The number of hydrogen-bond acceptors (Lipinski definition) is 9. The number of Topliss-reactive ketones (excluding diaryl/α,β-unsaturated/α-hetero) is 1. The van der Waals surface area contributed by atoms with Gasteiger partial charge in [-0.25, -0.2) is 9.59 Å². The van der Waals surface area contributed by atoms with Crippen molar-refractivity contribution >= 4 is 30.1 Å². The number of fused-ring (bicyclic) bond motifs is 5. The number of aliphatic hydroxyl groups is 3. The summed E-state index contributed by atoms with van der Waals surface area (Å²) in [5.41, 5.74) is -4.84. The molecule has 1 aromatic carbocycles. The van der Waals surface area contributed by atoms with E-state index in [1.807, 2.05) is 33.8 Å². The highest BCUT2D eigenvalue weighted by Gasteiger charge is 2.81. The number of carbonyl (C=O) groups excluding carboxylic acids is 4. The van der Waals surface area contributed by atoms with Gasteiger partial charge in [-0.15, -0.1) is 0 Å². The Morgan fingerprint density at radius 1 is 0.936 bits per heavy atom. The van der Waals surface area contributed by atoms with Crippen molar-refractivity contribution in [2.45, 2.75) is 115 Å². The third kappa shape index (κ3) is 5.44. The number of ketones is 1. The lowest BCUT2D eigenvalue weighted by molar-refractivity contribution is -0.314. The average Bonchev–Trinajstić information content (AvgIpc) is 3.26. The lowest BCUT2D eigenvalue weighted by atomic mass is 9.42. The van der Waals surface area contributed by atoms with E-state index in [9.17, 15) is 34.5 Å². The Hall–Kier alpha value is -3.40. The van der Waals surface area contributed by atoms with Gasteiger partial charge in [0, 0.05) is 30.1 Å². The number of benzene rings is 1. The van der Waals surface area contributed by atoms with Crippen molar-refractivity contribution in [1.29, 1.82) is 0 Å². The van der Waals surface area contributed by atoms with Crippen LogP contribution in [-0.4, -0.2) is 68.3 Å². The Kier molecular flexibility index (Phi) is 9.10. The summed E-state index contributed by atoms with van der Waals surface area (Å²) in [4.78, 5) is 50.0. The van der Waals surface area contributed by atoms with Gasteiger partial charge < -0.3 is 24.8 Å². The van der Waals surface area contributed by atoms with E-state index in [2.05, 4.69) is 0 Å². The first-order chi connectivity index (χ1) is 21.9. The molecule has 5 rings (SSSR count). The molecular weight excluding hydrogens is 600 g/mol. The van der Waals surface area contributed by atoms with E-state index in [0.717, 1.165) is 23.0 Å². The Morgan fingerprint density at radius 3 is 2.21 bits per heavy atom. The third-order valence-corrected chi connectivity index (χ3v) is 12.4. The minimum Gasteiger partial charge on any atom is -0.459 e. The molecule has 0 aromatic heterocycles. The summed E-state index contributed by atoms with van der Waals surface area (Å²) in [6.45, 7) is 10.6. The Labute approximate surface area is 276 Å². The zero-order chi connectivity index (χ0) is 34.6. The molecule has 0 unspecified atom stereocenters. The van der Waals surface area contributed by atoms with Gasteiger partial charge in [0.25, 0.3) is 0 Å². The summed E-state index contributed by atoms with van der Waals surface area (Å²) in [5, 5.41) is 37.1. The van der Waals surface area contributed by atoms with Crippen LogP contribution in [0.2, 0.25) is 0 Å². The lowest BCUT2D eigenvalue weighted by Crippen LogP contribution is -2.78. The summed E-state index contributed by atoms with van der Waals surface area (Å²) in [6.07, 6.45) is 7.24. The molecule has 4 aliphatic rings. The molecule has 4 aliphatic carbocycles. The van der Waals surface area contributed by atoms with E-state index in [4.69, 9.17) is 9.47 Å². The molecule has 0 aliphatic heterocycles. The second kappa shape index (κ2) is 12.2. The smallest absolute Gasteiger partial charge is 0.331 e. The van der Waals surface area contributed by atoms with Crippen LogP contribution >= 0.6 is 0 Å². The molecular formula is C38H48O9. The van der Waals surface area contributed by atoms with Gasteiger partial charge in [0.1, 0.15) is 35.3 Å². The summed E-state index contributed by atoms with van der Waals surface area (Å²) in [6, 6.07) is 6.82. The highest BCUT2D eigenvalue weighted by atomic mass is 16.6. The molecule has 0 bridgehead atoms.